The number of carbonyl (C=O) groups excluding carboxylic acids is 1. The number of nitro benzene ring substituents is 1. The van der Waals surface area contributed by atoms with E-state index < -0.39 is 4.92 Å². The summed E-state index contributed by atoms with van der Waals surface area (Å²) in [4.78, 5) is 23.2. The van der Waals surface area contributed by atoms with Gasteiger partial charge >= 0.3 is 0 Å². The highest BCUT2D eigenvalue weighted by Crippen LogP contribution is 2.29. The summed E-state index contributed by atoms with van der Waals surface area (Å²) in [6.45, 7) is 9.39. The van der Waals surface area contributed by atoms with Gasteiger partial charge < -0.3 is 10.4 Å². The van der Waals surface area contributed by atoms with Crippen molar-refractivity contribution in [3.63, 3.8) is 0 Å². The molecule has 0 radical (unpaired) electrons. The molecule has 0 atom stereocenters. The molecule has 6 heteroatoms. The van der Waals surface area contributed by atoms with Crippen molar-refractivity contribution in [2.45, 2.75) is 41.0 Å². The summed E-state index contributed by atoms with van der Waals surface area (Å²) in [5, 5.41) is 23.0. The van der Waals surface area contributed by atoms with Crippen LogP contribution in [0.2, 0.25) is 0 Å². The number of aryl methyl sites for hydroxylation is 2. The van der Waals surface area contributed by atoms with Crippen LogP contribution < -0.4 is 5.32 Å². The van der Waals surface area contributed by atoms with Crippen molar-refractivity contribution in [2.75, 3.05) is 13.2 Å². The van der Waals surface area contributed by atoms with E-state index >= 15 is 0 Å². The molecule has 22 heavy (non-hydrogen) atoms. The summed E-state index contributed by atoms with van der Waals surface area (Å²) < 4.78 is 0. The van der Waals surface area contributed by atoms with E-state index in [1.54, 1.807) is 26.8 Å². The fourth-order valence-corrected chi connectivity index (χ4v) is 2.60. The van der Waals surface area contributed by atoms with E-state index in [4.69, 9.17) is 5.11 Å². The Morgan fingerprint density at radius 2 is 1.91 bits per heavy atom. The predicted octanol–water partition coefficient (Wildman–Crippen LogP) is 2.66. The minimum atomic E-state index is -0.448. The molecule has 0 bridgehead atoms. The van der Waals surface area contributed by atoms with Crippen LogP contribution in [0.1, 0.15) is 47.3 Å². The maximum atomic E-state index is 12.4. The van der Waals surface area contributed by atoms with Gasteiger partial charge in [0.05, 0.1) is 10.5 Å². The number of aliphatic hydroxyl groups excluding tert-OH is 1. The molecule has 0 aliphatic carbocycles. The quantitative estimate of drug-likeness (QED) is 0.624. The summed E-state index contributed by atoms with van der Waals surface area (Å²) in [7, 11) is 0. The van der Waals surface area contributed by atoms with E-state index in [-0.39, 0.29) is 23.6 Å². The van der Waals surface area contributed by atoms with Gasteiger partial charge in [0, 0.05) is 24.3 Å². The lowest BCUT2D eigenvalue weighted by Crippen LogP contribution is -2.35. The SMILES string of the molecule is Cc1cc(C)c([N+](=O)[O-])c(C)c1C(=O)NCC(C)(C)CCO. The number of carbonyl (C=O) groups is 1. The van der Waals surface area contributed by atoms with Crippen LogP contribution in [-0.2, 0) is 0 Å². The Morgan fingerprint density at radius 3 is 2.41 bits per heavy atom. The van der Waals surface area contributed by atoms with Gasteiger partial charge in [-0.3, -0.25) is 14.9 Å². The largest absolute Gasteiger partial charge is 0.396 e. The second kappa shape index (κ2) is 6.87. The van der Waals surface area contributed by atoms with Crippen LogP contribution in [0.25, 0.3) is 0 Å². The highest BCUT2D eigenvalue weighted by atomic mass is 16.6. The monoisotopic (exact) mass is 308 g/mol. The van der Waals surface area contributed by atoms with E-state index in [1.807, 2.05) is 13.8 Å². The topological polar surface area (TPSA) is 92.5 Å². The fraction of sp³-hybridized carbons (Fsp3) is 0.562. The maximum Gasteiger partial charge on any atom is 0.275 e. The van der Waals surface area contributed by atoms with E-state index in [2.05, 4.69) is 5.32 Å². The van der Waals surface area contributed by atoms with Crippen LogP contribution in [0, 0.1) is 36.3 Å². The lowest BCUT2D eigenvalue weighted by Gasteiger charge is -2.24. The molecular weight excluding hydrogens is 284 g/mol. The minimum Gasteiger partial charge on any atom is -0.396 e. The molecule has 1 amide bonds. The van der Waals surface area contributed by atoms with Gasteiger partial charge in [0.2, 0.25) is 0 Å². The smallest absolute Gasteiger partial charge is 0.275 e. The van der Waals surface area contributed by atoms with Gasteiger partial charge in [0.25, 0.3) is 11.6 Å². The second-order valence-corrected chi connectivity index (χ2v) is 6.44. The molecule has 0 saturated heterocycles. The zero-order chi connectivity index (χ0) is 17.1. The lowest BCUT2D eigenvalue weighted by atomic mass is 9.89. The Morgan fingerprint density at radius 1 is 1.32 bits per heavy atom. The molecule has 2 N–H and O–H groups in total. The van der Waals surface area contributed by atoms with Crippen LogP contribution in [0.15, 0.2) is 6.07 Å². The first-order chi connectivity index (χ1) is 10.1. The summed E-state index contributed by atoms with van der Waals surface area (Å²) >= 11 is 0. The Labute approximate surface area is 130 Å². The number of rotatable bonds is 6. The zero-order valence-electron chi connectivity index (χ0n) is 13.8. The minimum absolute atomic E-state index is 0.00892. The van der Waals surface area contributed by atoms with Crippen molar-refractivity contribution in [3.05, 3.63) is 38.4 Å². The summed E-state index contributed by atoms with van der Waals surface area (Å²) in [6, 6.07) is 1.67. The third kappa shape index (κ3) is 4.04. The van der Waals surface area contributed by atoms with E-state index in [0.717, 1.165) is 5.56 Å². The van der Waals surface area contributed by atoms with Crippen LogP contribution in [-0.4, -0.2) is 29.1 Å². The van der Waals surface area contributed by atoms with Crippen LogP contribution >= 0.6 is 0 Å². The molecule has 122 valence electrons. The van der Waals surface area contributed by atoms with Gasteiger partial charge in [0.15, 0.2) is 0 Å². The molecule has 0 heterocycles. The third-order valence-electron chi connectivity index (χ3n) is 3.86. The number of aliphatic hydroxyl groups is 1. The summed E-state index contributed by atoms with van der Waals surface area (Å²) in [5.41, 5.74) is 1.78. The number of nitrogens with one attached hydrogen (secondary N) is 1. The predicted molar refractivity (Wildman–Crippen MR) is 85.1 cm³/mol. The molecule has 0 saturated carbocycles. The first kappa shape index (κ1) is 18.1. The number of nitro groups is 1. The second-order valence-electron chi connectivity index (χ2n) is 6.44. The van der Waals surface area contributed by atoms with E-state index in [9.17, 15) is 14.9 Å². The van der Waals surface area contributed by atoms with Crippen molar-refractivity contribution >= 4 is 11.6 Å². The van der Waals surface area contributed by atoms with Gasteiger partial charge in [-0.2, -0.15) is 0 Å². The zero-order valence-corrected chi connectivity index (χ0v) is 13.8. The summed E-state index contributed by atoms with van der Waals surface area (Å²) in [6.07, 6.45) is 0.569. The van der Waals surface area contributed by atoms with Crippen molar-refractivity contribution in [3.8, 4) is 0 Å². The first-order valence-corrected chi connectivity index (χ1v) is 7.25. The molecule has 1 rings (SSSR count). The van der Waals surface area contributed by atoms with Crippen LogP contribution in [0.3, 0.4) is 0 Å². The Balaban J connectivity index is 3.09. The van der Waals surface area contributed by atoms with Crippen molar-refractivity contribution in [1.29, 1.82) is 0 Å². The average molecular weight is 308 g/mol. The molecule has 6 nitrogen and oxygen atoms in total. The number of benzene rings is 1. The first-order valence-electron chi connectivity index (χ1n) is 7.25. The van der Waals surface area contributed by atoms with E-state index in [0.29, 0.717) is 29.7 Å². The Kier molecular flexibility index (Phi) is 5.65. The van der Waals surface area contributed by atoms with Gasteiger partial charge in [0.1, 0.15) is 0 Å². The van der Waals surface area contributed by atoms with Crippen molar-refractivity contribution in [1.82, 2.24) is 5.32 Å². The normalized spacial score (nSPS) is 11.4. The molecule has 0 aliphatic heterocycles. The molecule has 0 aliphatic rings. The molecule has 0 unspecified atom stereocenters. The third-order valence-corrected chi connectivity index (χ3v) is 3.86. The van der Waals surface area contributed by atoms with Gasteiger partial charge in [-0.25, -0.2) is 0 Å². The van der Waals surface area contributed by atoms with Gasteiger partial charge in [-0.15, -0.1) is 0 Å². The fourth-order valence-electron chi connectivity index (χ4n) is 2.60. The molecule has 0 aromatic heterocycles. The number of hydrogen-bond donors (Lipinski definition) is 2. The van der Waals surface area contributed by atoms with Gasteiger partial charge in [-0.05, 0) is 44.2 Å². The molecule has 1 aromatic carbocycles. The standard InChI is InChI=1S/C16H24N2O4/c1-10-8-11(2)14(18(21)22)12(3)13(10)15(20)17-9-16(4,5)6-7-19/h8,19H,6-7,9H2,1-5H3,(H,17,20). The average Bonchev–Trinajstić information content (AvgIpc) is 2.35. The highest BCUT2D eigenvalue weighted by molar-refractivity contribution is 5.98. The van der Waals surface area contributed by atoms with Crippen LogP contribution in [0.5, 0.6) is 0 Å². The van der Waals surface area contributed by atoms with Gasteiger partial charge in [-0.1, -0.05) is 13.8 Å². The maximum absolute atomic E-state index is 12.4. The molecule has 0 fully saturated rings. The van der Waals surface area contributed by atoms with Crippen molar-refractivity contribution < 1.29 is 14.8 Å². The Bertz CT molecular complexity index is 594. The number of hydrogen-bond acceptors (Lipinski definition) is 4. The lowest BCUT2D eigenvalue weighted by molar-refractivity contribution is -0.386. The number of nitrogens with zero attached hydrogens (tertiary/aromatic N) is 1. The highest BCUT2D eigenvalue weighted by Gasteiger charge is 2.25. The molecule has 0 spiro atoms. The van der Waals surface area contributed by atoms with Crippen LogP contribution in [0.4, 0.5) is 5.69 Å². The number of amides is 1. The van der Waals surface area contributed by atoms with Crippen molar-refractivity contribution in [2.24, 2.45) is 5.41 Å². The molecular formula is C16H24N2O4. The van der Waals surface area contributed by atoms with E-state index in [1.165, 1.54) is 0 Å². The molecule has 1 aromatic rings. The Hall–Kier alpha value is -1.95. The summed E-state index contributed by atoms with van der Waals surface area (Å²) in [5.74, 6) is -0.316.